The number of carboxylic acids is 1. The number of ketones is 1. The monoisotopic (exact) mass is 370 g/mol. The zero-order chi connectivity index (χ0) is 19.3. The molecule has 1 aromatic rings. The second-order valence-electron chi connectivity index (χ2n) is 8.96. The molecule has 0 radical (unpaired) electrons. The molecule has 2 fully saturated rings. The number of unbranched alkanes of at least 4 members (excludes halogenated alkanes) is 3. The van der Waals surface area contributed by atoms with Gasteiger partial charge in [0.05, 0.1) is 5.41 Å². The summed E-state index contributed by atoms with van der Waals surface area (Å²) >= 11 is 0. The Kier molecular flexibility index (Phi) is 6.39. The van der Waals surface area contributed by atoms with Gasteiger partial charge in [-0.1, -0.05) is 43.5 Å². The van der Waals surface area contributed by atoms with Gasteiger partial charge in [-0.05, 0) is 82.3 Å². The van der Waals surface area contributed by atoms with Crippen LogP contribution in [0.5, 0.6) is 0 Å². The lowest BCUT2D eigenvalue weighted by molar-refractivity contribution is -0.143. The van der Waals surface area contributed by atoms with Crippen LogP contribution in [0.15, 0.2) is 24.3 Å². The van der Waals surface area contributed by atoms with Gasteiger partial charge in [0.1, 0.15) is 5.78 Å². The Morgan fingerprint density at radius 1 is 0.815 bits per heavy atom. The number of rotatable bonds is 13. The molecule has 2 aliphatic rings. The number of hydrogen-bond acceptors (Lipinski definition) is 2. The molecule has 0 atom stereocenters. The Bertz CT molecular complexity index is 668. The second kappa shape index (κ2) is 8.58. The number of carbonyl (C=O) groups excluding carboxylic acids is 1. The molecule has 3 rings (SSSR count). The van der Waals surface area contributed by atoms with Crippen LogP contribution in [0.2, 0.25) is 0 Å². The Labute approximate surface area is 163 Å². The van der Waals surface area contributed by atoms with Crippen LogP contribution < -0.4 is 0 Å². The molecule has 1 N–H and O–H groups in total. The smallest absolute Gasteiger partial charge is 0.309 e. The van der Waals surface area contributed by atoms with Gasteiger partial charge >= 0.3 is 5.97 Å². The van der Waals surface area contributed by atoms with E-state index in [4.69, 9.17) is 0 Å². The third-order valence-corrected chi connectivity index (χ3v) is 6.98. The summed E-state index contributed by atoms with van der Waals surface area (Å²) in [7, 11) is 0. The number of benzene rings is 1. The predicted octanol–water partition coefficient (Wildman–Crippen LogP) is 5.74. The zero-order valence-corrected chi connectivity index (χ0v) is 16.8. The third-order valence-electron chi connectivity index (χ3n) is 6.98. The van der Waals surface area contributed by atoms with Crippen molar-refractivity contribution in [2.75, 3.05) is 0 Å². The molecular formula is C24H34O3. The van der Waals surface area contributed by atoms with Crippen molar-refractivity contribution in [2.45, 2.75) is 90.4 Å². The van der Waals surface area contributed by atoms with Gasteiger partial charge in [-0.15, -0.1) is 0 Å². The largest absolute Gasteiger partial charge is 0.481 e. The summed E-state index contributed by atoms with van der Waals surface area (Å²) in [5, 5.41) is 9.27. The molecule has 0 aliphatic heterocycles. The van der Waals surface area contributed by atoms with E-state index in [0.717, 1.165) is 64.2 Å². The number of hydrogen-bond donors (Lipinski definition) is 1. The molecule has 0 spiro atoms. The minimum atomic E-state index is -0.597. The first kappa shape index (κ1) is 20.1. The van der Waals surface area contributed by atoms with E-state index in [-0.39, 0.29) is 10.8 Å². The Balaban J connectivity index is 1.36. The lowest BCUT2D eigenvalue weighted by Crippen LogP contribution is -2.14. The Hall–Kier alpha value is -1.64. The molecule has 2 aliphatic carbocycles. The maximum absolute atomic E-state index is 11.7. The first-order valence-electron chi connectivity index (χ1n) is 10.8. The fraction of sp³-hybridized carbons (Fsp3) is 0.667. The van der Waals surface area contributed by atoms with Crippen LogP contribution in [0.25, 0.3) is 0 Å². The van der Waals surface area contributed by atoms with E-state index >= 15 is 0 Å². The molecule has 27 heavy (non-hydrogen) atoms. The van der Waals surface area contributed by atoms with E-state index in [2.05, 4.69) is 24.3 Å². The van der Waals surface area contributed by atoms with Crippen molar-refractivity contribution < 1.29 is 14.7 Å². The van der Waals surface area contributed by atoms with Crippen molar-refractivity contribution >= 4 is 11.8 Å². The highest BCUT2D eigenvalue weighted by Gasteiger charge is 2.49. The van der Waals surface area contributed by atoms with Gasteiger partial charge in [0.15, 0.2) is 0 Å². The normalized spacial score (nSPS) is 18.9. The summed E-state index contributed by atoms with van der Waals surface area (Å²) < 4.78 is 0. The highest BCUT2D eigenvalue weighted by molar-refractivity contribution is 5.84. The van der Waals surface area contributed by atoms with Gasteiger partial charge < -0.3 is 5.11 Å². The van der Waals surface area contributed by atoms with Crippen LogP contribution >= 0.6 is 0 Å². The molecule has 2 saturated carbocycles. The lowest BCUT2D eigenvalue weighted by atomic mass is 9.92. The molecule has 0 aromatic heterocycles. The standard InChI is InChI=1S/C24H34O3/c1-19(25)23(15-16-23)13-7-2-3-9-20-10-4-5-11-21(20)12-6-8-14-24(17-18-24)22(26)27/h4-5,10-11H,2-3,6-9,12-18H2,1H3,(H,26,27). The van der Waals surface area contributed by atoms with Crippen LogP contribution in [-0.2, 0) is 22.4 Å². The highest BCUT2D eigenvalue weighted by atomic mass is 16.4. The molecule has 0 amide bonds. The van der Waals surface area contributed by atoms with Crippen molar-refractivity contribution in [3.05, 3.63) is 35.4 Å². The van der Waals surface area contributed by atoms with E-state index in [1.54, 1.807) is 6.92 Å². The van der Waals surface area contributed by atoms with Gasteiger partial charge in [-0.3, -0.25) is 9.59 Å². The minimum absolute atomic E-state index is 0.0623. The summed E-state index contributed by atoms with van der Waals surface area (Å²) in [6.45, 7) is 1.75. The third kappa shape index (κ3) is 5.21. The molecule has 3 heteroatoms. The van der Waals surface area contributed by atoms with Crippen molar-refractivity contribution in [3.63, 3.8) is 0 Å². The molecule has 3 nitrogen and oxygen atoms in total. The predicted molar refractivity (Wildman–Crippen MR) is 108 cm³/mol. The average molecular weight is 371 g/mol. The van der Waals surface area contributed by atoms with Gasteiger partial charge in [0.2, 0.25) is 0 Å². The number of carboxylic acid groups (broad SMARTS) is 1. The first-order chi connectivity index (χ1) is 13.0. The molecular weight excluding hydrogens is 336 g/mol. The van der Waals surface area contributed by atoms with Gasteiger partial charge in [0, 0.05) is 5.41 Å². The van der Waals surface area contributed by atoms with Crippen molar-refractivity contribution in [3.8, 4) is 0 Å². The van der Waals surface area contributed by atoms with Crippen LogP contribution in [0.4, 0.5) is 0 Å². The summed E-state index contributed by atoms with van der Waals surface area (Å²) in [4.78, 5) is 22.9. The van der Waals surface area contributed by atoms with E-state index < -0.39 is 5.97 Å². The number of Topliss-reactive ketones (excluding diaryl/α,β-unsaturated/α-hetero) is 1. The van der Waals surface area contributed by atoms with Crippen molar-refractivity contribution in [2.24, 2.45) is 10.8 Å². The summed E-state index contributed by atoms with van der Waals surface area (Å²) in [5.74, 6) is -0.204. The molecule has 0 saturated heterocycles. The molecule has 0 unspecified atom stereocenters. The van der Waals surface area contributed by atoms with Gasteiger partial charge in [0.25, 0.3) is 0 Å². The maximum Gasteiger partial charge on any atom is 0.309 e. The number of aryl methyl sites for hydroxylation is 2. The fourth-order valence-electron chi connectivity index (χ4n) is 4.43. The number of carbonyl (C=O) groups is 2. The van der Waals surface area contributed by atoms with E-state index in [0.29, 0.717) is 5.78 Å². The molecule has 1 aromatic carbocycles. The quantitative estimate of drug-likeness (QED) is 0.451. The minimum Gasteiger partial charge on any atom is -0.481 e. The molecule has 148 valence electrons. The van der Waals surface area contributed by atoms with Crippen LogP contribution in [0, 0.1) is 10.8 Å². The zero-order valence-electron chi connectivity index (χ0n) is 16.8. The highest BCUT2D eigenvalue weighted by Crippen LogP contribution is 2.51. The molecule has 0 bridgehead atoms. The van der Waals surface area contributed by atoms with Crippen LogP contribution in [0.1, 0.15) is 88.7 Å². The summed E-state index contributed by atoms with van der Waals surface area (Å²) in [6, 6.07) is 8.71. The van der Waals surface area contributed by atoms with E-state index in [1.807, 2.05) is 0 Å². The lowest BCUT2D eigenvalue weighted by Gasteiger charge is -2.12. The van der Waals surface area contributed by atoms with Crippen molar-refractivity contribution in [1.82, 2.24) is 0 Å². The van der Waals surface area contributed by atoms with Gasteiger partial charge in [-0.2, -0.15) is 0 Å². The van der Waals surface area contributed by atoms with Crippen molar-refractivity contribution in [1.29, 1.82) is 0 Å². The average Bonchev–Trinajstić information content (AvgIpc) is 3.55. The Morgan fingerprint density at radius 3 is 1.78 bits per heavy atom. The first-order valence-corrected chi connectivity index (χ1v) is 10.8. The van der Waals surface area contributed by atoms with E-state index in [9.17, 15) is 14.7 Å². The SMILES string of the molecule is CC(=O)C1(CCCCCc2ccccc2CCCCC2(C(=O)O)CC2)CC1. The second-order valence-corrected chi connectivity index (χ2v) is 8.96. The molecule has 0 heterocycles. The van der Waals surface area contributed by atoms with E-state index in [1.165, 1.54) is 30.4 Å². The van der Waals surface area contributed by atoms with Crippen LogP contribution in [0.3, 0.4) is 0 Å². The topological polar surface area (TPSA) is 54.4 Å². The summed E-state index contributed by atoms with van der Waals surface area (Å²) in [5.41, 5.74) is 2.56. The maximum atomic E-state index is 11.7. The van der Waals surface area contributed by atoms with Crippen LogP contribution in [-0.4, -0.2) is 16.9 Å². The summed E-state index contributed by atoms with van der Waals surface area (Å²) in [6.07, 6.45) is 13.7. The van der Waals surface area contributed by atoms with Gasteiger partial charge in [-0.25, -0.2) is 0 Å². The Morgan fingerprint density at radius 2 is 1.30 bits per heavy atom. The number of aliphatic carboxylic acids is 1. The fourth-order valence-corrected chi connectivity index (χ4v) is 4.43.